The van der Waals surface area contributed by atoms with Crippen LogP contribution in [-0.2, 0) is 22.7 Å². The van der Waals surface area contributed by atoms with Gasteiger partial charge in [-0.25, -0.2) is 9.59 Å². The molecule has 23 heavy (non-hydrogen) atoms. The first-order valence-electron chi connectivity index (χ1n) is 6.92. The highest BCUT2D eigenvalue weighted by molar-refractivity contribution is 9.10. The lowest BCUT2D eigenvalue weighted by Crippen LogP contribution is -2.41. The normalized spacial score (nSPS) is 11.7. The number of aromatic nitrogens is 2. The molecule has 0 saturated heterocycles. The summed E-state index contributed by atoms with van der Waals surface area (Å²) >= 11 is 3.26. The first kappa shape index (κ1) is 17.0. The number of ether oxygens (including phenoxy) is 1. The molecule has 1 heterocycles. The van der Waals surface area contributed by atoms with Gasteiger partial charge in [-0.15, -0.1) is 0 Å². The second kappa shape index (κ2) is 8.33. The molecule has 1 aromatic heterocycles. The van der Waals surface area contributed by atoms with Gasteiger partial charge < -0.3 is 15.2 Å². The maximum Gasteiger partial charge on any atom is 0.408 e. The quantitative estimate of drug-likeness (QED) is 0.767. The SMILES string of the molecule is O=C(NC(CCn1cc(Br)cn1)C(=O)O)OCc1ccccc1. The lowest BCUT2D eigenvalue weighted by Gasteiger charge is -2.14. The first-order valence-corrected chi connectivity index (χ1v) is 7.72. The Kier molecular flexibility index (Phi) is 6.16. The molecule has 0 radical (unpaired) electrons. The Morgan fingerprint density at radius 2 is 2.09 bits per heavy atom. The van der Waals surface area contributed by atoms with Crippen LogP contribution in [0.4, 0.5) is 4.79 Å². The van der Waals surface area contributed by atoms with Crippen molar-refractivity contribution in [3.05, 3.63) is 52.8 Å². The second-order valence-electron chi connectivity index (χ2n) is 4.81. The average molecular weight is 382 g/mol. The molecule has 1 unspecified atom stereocenters. The Morgan fingerprint density at radius 1 is 1.35 bits per heavy atom. The zero-order valence-corrected chi connectivity index (χ0v) is 13.8. The third-order valence-corrected chi connectivity index (χ3v) is 3.46. The molecule has 1 atom stereocenters. The average Bonchev–Trinajstić information content (AvgIpc) is 2.95. The maximum atomic E-state index is 11.7. The van der Waals surface area contributed by atoms with Crippen molar-refractivity contribution in [2.45, 2.75) is 25.6 Å². The third-order valence-electron chi connectivity index (χ3n) is 3.05. The largest absolute Gasteiger partial charge is 0.480 e. The summed E-state index contributed by atoms with van der Waals surface area (Å²) in [6.07, 6.45) is 2.77. The predicted octanol–water partition coefficient (Wildman–Crippen LogP) is 2.42. The molecule has 0 aliphatic heterocycles. The van der Waals surface area contributed by atoms with Crippen molar-refractivity contribution >= 4 is 28.0 Å². The van der Waals surface area contributed by atoms with Gasteiger partial charge in [0.25, 0.3) is 0 Å². The number of carboxylic acids is 1. The highest BCUT2D eigenvalue weighted by atomic mass is 79.9. The molecule has 2 N–H and O–H groups in total. The van der Waals surface area contributed by atoms with Gasteiger partial charge in [0, 0.05) is 12.7 Å². The fourth-order valence-corrected chi connectivity index (χ4v) is 2.21. The van der Waals surface area contributed by atoms with Crippen molar-refractivity contribution in [2.24, 2.45) is 0 Å². The summed E-state index contributed by atoms with van der Waals surface area (Å²) in [4.78, 5) is 22.9. The van der Waals surface area contributed by atoms with Crippen LogP contribution in [0.1, 0.15) is 12.0 Å². The number of aliphatic carboxylic acids is 1. The summed E-state index contributed by atoms with van der Waals surface area (Å²) < 4.78 is 7.42. The molecule has 0 bridgehead atoms. The lowest BCUT2D eigenvalue weighted by atomic mass is 10.2. The van der Waals surface area contributed by atoms with Gasteiger partial charge in [-0.05, 0) is 27.9 Å². The number of hydrogen-bond donors (Lipinski definition) is 2. The van der Waals surface area contributed by atoms with Gasteiger partial charge in [-0.2, -0.15) is 5.10 Å². The molecule has 2 aromatic rings. The number of amides is 1. The van der Waals surface area contributed by atoms with E-state index in [2.05, 4.69) is 26.3 Å². The number of alkyl carbamates (subject to hydrolysis) is 1. The Morgan fingerprint density at radius 3 is 2.70 bits per heavy atom. The molecule has 0 aliphatic rings. The van der Waals surface area contributed by atoms with Gasteiger partial charge >= 0.3 is 12.1 Å². The molecule has 1 amide bonds. The number of carboxylic acid groups (broad SMARTS) is 1. The van der Waals surface area contributed by atoms with E-state index in [0.717, 1.165) is 10.0 Å². The van der Waals surface area contributed by atoms with Gasteiger partial charge in [0.1, 0.15) is 12.6 Å². The summed E-state index contributed by atoms with van der Waals surface area (Å²) in [6, 6.07) is 8.12. The summed E-state index contributed by atoms with van der Waals surface area (Å²) in [5, 5.41) is 15.6. The highest BCUT2D eigenvalue weighted by Gasteiger charge is 2.20. The topological polar surface area (TPSA) is 93.5 Å². The number of nitrogens with one attached hydrogen (secondary N) is 1. The Bertz CT molecular complexity index is 660. The molecule has 0 aliphatic carbocycles. The summed E-state index contributed by atoms with van der Waals surface area (Å²) in [7, 11) is 0. The fourth-order valence-electron chi connectivity index (χ4n) is 1.89. The minimum Gasteiger partial charge on any atom is -0.480 e. The molecule has 0 spiro atoms. The molecular weight excluding hydrogens is 366 g/mol. The number of hydrogen-bond acceptors (Lipinski definition) is 4. The van der Waals surface area contributed by atoms with Gasteiger partial charge in [-0.3, -0.25) is 4.68 Å². The van der Waals surface area contributed by atoms with E-state index in [4.69, 9.17) is 4.74 Å². The molecule has 0 fully saturated rings. The van der Waals surface area contributed by atoms with Gasteiger partial charge in [0.15, 0.2) is 0 Å². The third kappa shape index (κ3) is 5.74. The van der Waals surface area contributed by atoms with E-state index >= 15 is 0 Å². The number of carbonyl (C=O) groups excluding carboxylic acids is 1. The Labute approximate surface area is 141 Å². The van der Waals surface area contributed by atoms with Gasteiger partial charge in [0.2, 0.25) is 0 Å². The number of carbonyl (C=O) groups is 2. The van der Waals surface area contributed by atoms with E-state index in [-0.39, 0.29) is 13.0 Å². The lowest BCUT2D eigenvalue weighted by molar-refractivity contribution is -0.139. The van der Waals surface area contributed by atoms with E-state index in [1.165, 1.54) is 0 Å². The zero-order valence-electron chi connectivity index (χ0n) is 12.2. The Balaban J connectivity index is 1.81. The monoisotopic (exact) mass is 381 g/mol. The zero-order chi connectivity index (χ0) is 16.7. The van der Waals surface area contributed by atoms with Crippen LogP contribution < -0.4 is 5.32 Å². The van der Waals surface area contributed by atoms with Crippen LogP contribution in [0.3, 0.4) is 0 Å². The minimum absolute atomic E-state index is 0.0884. The summed E-state index contributed by atoms with van der Waals surface area (Å²) in [5.41, 5.74) is 0.830. The molecule has 1 aromatic carbocycles. The number of aryl methyl sites for hydroxylation is 1. The fraction of sp³-hybridized carbons (Fsp3) is 0.267. The van der Waals surface area contributed by atoms with Gasteiger partial charge in [-0.1, -0.05) is 30.3 Å². The Hall–Kier alpha value is -2.35. The van der Waals surface area contributed by atoms with Crippen LogP contribution in [0.2, 0.25) is 0 Å². The molecule has 0 saturated carbocycles. The summed E-state index contributed by atoms with van der Waals surface area (Å²) in [5.74, 6) is -1.12. The molecular formula is C15H16BrN3O4. The highest BCUT2D eigenvalue weighted by Crippen LogP contribution is 2.07. The molecule has 8 heteroatoms. The van der Waals surface area contributed by atoms with E-state index < -0.39 is 18.1 Å². The van der Waals surface area contributed by atoms with E-state index in [1.54, 1.807) is 17.1 Å². The van der Waals surface area contributed by atoms with Crippen molar-refractivity contribution < 1.29 is 19.4 Å². The van der Waals surface area contributed by atoms with Crippen LogP contribution in [0, 0.1) is 0 Å². The van der Waals surface area contributed by atoms with Crippen molar-refractivity contribution in [3.63, 3.8) is 0 Å². The van der Waals surface area contributed by atoms with Crippen molar-refractivity contribution in [1.82, 2.24) is 15.1 Å². The van der Waals surface area contributed by atoms with Crippen molar-refractivity contribution in [2.75, 3.05) is 0 Å². The number of rotatable bonds is 7. The van der Waals surface area contributed by atoms with Crippen LogP contribution in [0.5, 0.6) is 0 Å². The van der Waals surface area contributed by atoms with Crippen LogP contribution in [-0.4, -0.2) is 33.0 Å². The molecule has 2 rings (SSSR count). The van der Waals surface area contributed by atoms with E-state index in [1.807, 2.05) is 30.3 Å². The number of benzene rings is 1. The first-order chi connectivity index (χ1) is 11.0. The molecule has 122 valence electrons. The van der Waals surface area contributed by atoms with Crippen molar-refractivity contribution in [1.29, 1.82) is 0 Å². The van der Waals surface area contributed by atoms with Crippen LogP contribution >= 0.6 is 15.9 Å². The minimum atomic E-state index is -1.12. The van der Waals surface area contributed by atoms with E-state index in [0.29, 0.717) is 6.54 Å². The van der Waals surface area contributed by atoms with E-state index in [9.17, 15) is 14.7 Å². The standard InChI is InChI=1S/C15H16BrN3O4/c16-12-8-17-19(9-12)7-6-13(14(20)21)18-15(22)23-10-11-4-2-1-3-5-11/h1-5,8-9,13H,6-7,10H2,(H,18,22)(H,20,21). The molecule has 7 nitrogen and oxygen atoms in total. The maximum absolute atomic E-state index is 11.7. The smallest absolute Gasteiger partial charge is 0.408 e. The number of nitrogens with zero attached hydrogens (tertiary/aromatic N) is 2. The van der Waals surface area contributed by atoms with Crippen molar-refractivity contribution in [3.8, 4) is 0 Å². The summed E-state index contributed by atoms with van der Waals surface area (Å²) in [6.45, 7) is 0.451. The predicted molar refractivity (Wildman–Crippen MR) is 85.7 cm³/mol. The second-order valence-corrected chi connectivity index (χ2v) is 5.72. The number of halogens is 1. The van der Waals surface area contributed by atoms with Crippen LogP contribution in [0.15, 0.2) is 47.2 Å². The van der Waals surface area contributed by atoms with Gasteiger partial charge in [0.05, 0.1) is 10.7 Å². The van der Waals surface area contributed by atoms with Crippen LogP contribution in [0.25, 0.3) is 0 Å².